The topological polar surface area (TPSA) is 56.0 Å². The van der Waals surface area contributed by atoms with Crippen LogP contribution in [0.15, 0.2) is 24.3 Å². The molecule has 1 rings (SSSR count). The van der Waals surface area contributed by atoms with Gasteiger partial charge in [0.2, 0.25) is 0 Å². The van der Waals surface area contributed by atoms with Gasteiger partial charge in [0, 0.05) is 12.6 Å². The molecule has 2 N–H and O–H groups in total. The van der Waals surface area contributed by atoms with Crippen molar-refractivity contribution in [1.82, 2.24) is 5.32 Å². The molecule has 3 heteroatoms. The highest BCUT2D eigenvalue weighted by Crippen LogP contribution is 2.03. The molecular formula is C12H16N2O. The molecule has 1 aromatic carbocycles. The summed E-state index contributed by atoms with van der Waals surface area (Å²) in [5, 5.41) is 20.8. The lowest BCUT2D eigenvalue weighted by Gasteiger charge is -2.13. The Morgan fingerprint density at radius 1 is 1.40 bits per heavy atom. The second-order valence-electron chi connectivity index (χ2n) is 3.48. The molecule has 0 saturated carbocycles. The highest BCUT2D eigenvalue weighted by molar-refractivity contribution is 5.31. The van der Waals surface area contributed by atoms with E-state index < -0.39 is 0 Å². The average molecular weight is 204 g/mol. The van der Waals surface area contributed by atoms with Crippen LogP contribution in [-0.4, -0.2) is 17.8 Å². The molecule has 15 heavy (non-hydrogen) atoms. The molecular weight excluding hydrogens is 188 g/mol. The summed E-state index contributed by atoms with van der Waals surface area (Å²) in [5.41, 5.74) is 1.80. The van der Waals surface area contributed by atoms with Crippen molar-refractivity contribution < 1.29 is 5.11 Å². The fourth-order valence-electron chi connectivity index (χ4n) is 1.30. The zero-order valence-electron chi connectivity index (χ0n) is 8.90. The molecule has 0 aliphatic carbocycles. The number of nitrogens with one attached hydrogen (secondary N) is 1. The second kappa shape index (κ2) is 6.18. The van der Waals surface area contributed by atoms with Crippen LogP contribution in [0.4, 0.5) is 0 Å². The van der Waals surface area contributed by atoms with Crippen LogP contribution >= 0.6 is 0 Å². The molecule has 1 aromatic rings. The van der Waals surface area contributed by atoms with Crippen LogP contribution in [0.5, 0.6) is 0 Å². The third-order valence-electron chi connectivity index (χ3n) is 2.39. The SMILES string of the molecule is CCC(CO)NCc1ccc(C#N)cc1. The lowest BCUT2D eigenvalue weighted by atomic mass is 10.1. The van der Waals surface area contributed by atoms with E-state index in [1.54, 1.807) is 12.1 Å². The zero-order valence-corrected chi connectivity index (χ0v) is 8.90. The third-order valence-corrected chi connectivity index (χ3v) is 2.39. The van der Waals surface area contributed by atoms with Gasteiger partial charge in [-0.1, -0.05) is 19.1 Å². The van der Waals surface area contributed by atoms with Gasteiger partial charge in [-0.15, -0.1) is 0 Å². The molecule has 0 spiro atoms. The molecule has 0 aliphatic heterocycles. The summed E-state index contributed by atoms with van der Waals surface area (Å²) in [7, 11) is 0. The summed E-state index contributed by atoms with van der Waals surface area (Å²) < 4.78 is 0. The van der Waals surface area contributed by atoms with Gasteiger partial charge < -0.3 is 10.4 Å². The Morgan fingerprint density at radius 2 is 2.07 bits per heavy atom. The van der Waals surface area contributed by atoms with Crippen LogP contribution in [0.25, 0.3) is 0 Å². The van der Waals surface area contributed by atoms with Crippen molar-refractivity contribution in [2.75, 3.05) is 6.61 Å². The number of rotatable bonds is 5. The van der Waals surface area contributed by atoms with E-state index in [9.17, 15) is 0 Å². The number of benzene rings is 1. The number of nitrogens with zero attached hydrogens (tertiary/aromatic N) is 1. The molecule has 0 radical (unpaired) electrons. The molecule has 0 bridgehead atoms. The highest BCUT2D eigenvalue weighted by atomic mass is 16.3. The molecule has 1 atom stereocenters. The van der Waals surface area contributed by atoms with Gasteiger partial charge in [-0.3, -0.25) is 0 Å². The summed E-state index contributed by atoms with van der Waals surface area (Å²) >= 11 is 0. The third kappa shape index (κ3) is 3.70. The number of hydrogen-bond donors (Lipinski definition) is 2. The van der Waals surface area contributed by atoms with E-state index in [0.717, 1.165) is 18.5 Å². The molecule has 1 unspecified atom stereocenters. The largest absolute Gasteiger partial charge is 0.395 e. The van der Waals surface area contributed by atoms with E-state index in [1.165, 1.54) is 0 Å². The lowest BCUT2D eigenvalue weighted by molar-refractivity contribution is 0.238. The Morgan fingerprint density at radius 3 is 2.53 bits per heavy atom. The van der Waals surface area contributed by atoms with Crippen LogP contribution in [0, 0.1) is 11.3 Å². The van der Waals surface area contributed by atoms with Gasteiger partial charge in [0.25, 0.3) is 0 Å². The summed E-state index contributed by atoms with van der Waals surface area (Å²) in [4.78, 5) is 0. The maximum atomic E-state index is 8.98. The van der Waals surface area contributed by atoms with Crippen LogP contribution in [0.3, 0.4) is 0 Å². The van der Waals surface area contributed by atoms with Crippen LogP contribution in [-0.2, 0) is 6.54 Å². The highest BCUT2D eigenvalue weighted by Gasteiger charge is 2.02. The molecule has 0 amide bonds. The molecule has 3 nitrogen and oxygen atoms in total. The minimum atomic E-state index is 0.153. The first-order valence-corrected chi connectivity index (χ1v) is 5.13. The van der Waals surface area contributed by atoms with E-state index in [-0.39, 0.29) is 12.6 Å². The zero-order chi connectivity index (χ0) is 11.1. The van der Waals surface area contributed by atoms with Crippen LogP contribution < -0.4 is 5.32 Å². The van der Waals surface area contributed by atoms with E-state index in [2.05, 4.69) is 11.4 Å². The predicted molar refractivity (Wildman–Crippen MR) is 59.2 cm³/mol. The smallest absolute Gasteiger partial charge is 0.0991 e. The fourth-order valence-corrected chi connectivity index (χ4v) is 1.30. The monoisotopic (exact) mass is 204 g/mol. The Balaban J connectivity index is 2.48. The van der Waals surface area contributed by atoms with E-state index in [4.69, 9.17) is 10.4 Å². The Bertz CT molecular complexity index is 322. The van der Waals surface area contributed by atoms with Gasteiger partial charge in [-0.2, -0.15) is 5.26 Å². The van der Waals surface area contributed by atoms with Crippen molar-refractivity contribution in [2.24, 2.45) is 0 Å². The van der Waals surface area contributed by atoms with Crippen molar-refractivity contribution in [3.05, 3.63) is 35.4 Å². The van der Waals surface area contributed by atoms with Gasteiger partial charge in [0.15, 0.2) is 0 Å². The average Bonchev–Trinajstić information content (AvgIpc) is 2.31. The lowest BCUT2D eigenvalue weighted by Crippen LogP contribution is -2.31. The quantitative estimate of drug-likeness (QED) is 0.762. The number of aliphatic hydroxyl groups is 1. The van der Waals surface area contributed by atoms with Gasteiger partial charge >= 0.3 is 0 Å². The Labute approximate surface area is 90.4 Å². The fraction of sp³-hybridized carbons (Fsp3) is 0.417. The first-order chi connectivity index (χ1) is 7.30. The van der Waals surface area contributed by atoms with Crippen molar-refractivity contribution in [3.8, 4) is 6.07 Å². The summed E-state index contributed by atoms with van der Waals surface area (Å²) in [5.74, 6) is 0. The maximum Gasteiger partial charge on any atom is 0.0991 e. The first kappa shape index (κ1) is 11.7. The molecule has 80 valence electrons. The van der Waals surface area contributed by atoms with E-state index >= 15 is 0 Å². The van der Waals surface area contributed by atoms with Crippen molar-refractivity contribution in [2.45, 2.75) is 25.9 Å². The van der Waals surface area contributed by atoms with Crippen molar-refractivity contribution >= 4 is 0 Å². The van der Waals surface area contributed by atoms with Crippen molar-refractivity contribution in [1.29, 1.82) is 5.26 Å². The first-order valence-electron chi connectivity index (χ1n) is 5.13. The summed E-state index contributed by atoms with van der Waals surface area (Å²) in [6.07, 6.45) is 0.910. The van der Waals surface area contributed by atoms with E-state index in [0.29, 0.717) is 5.56 Å². The van der Waals surface area contributed by atoms with Gasteiger partial charge in [-0.05, 0) is 24.1 Å². The minimum absolute atomic E-state index is 0.153. The van der Waals surface area contributed by atoms with E-state index in [1.807, 2.05) is 19.1 Å². The normalized spacial score (nSPS) is 12.1. The molecule has 0 fully saturated rings. The molecule has 0 aromatic heterocycles. The molecule has 0 aliphatic rings. The summed E-state index contributed by atoms with van der Waals surface area (Å²) in [6, 6.07) is 9.69. The van der Waals surface area contributed by atoms with Crippen molar-refractivity contribution in [3.63, 3.8) is 0 Å². The second-order valence-corrected chi connectivity index (χ2v) is 3.48. The number of hydrogen-bond acceptors (Lipinski definition) is 3. The number of nitriles is 1. The maximum absolute atomic E-state index is 8.98. The molecule has 0 saturated heterocycles. The molecule has 0 heterocycles. The van der Waals surface area contributed by atoms with Gasteiger partial charge in [0.1, 0.15) is 0 Å². The van der Waals surface area contributed by atoms with Crippen LogP contribution in [0.1, 0.15) is 24.5 Å². The van der Waals surface area contributed by atoms with Crippen LogP contribution in [0.2, 0.25) is 0 Å². The minimum Gasteiger partial charge on any atom is -0.395 e. The standard InChI is InChI=1S/C12H16N2O/c1-2-12(9-15)14-8-11-5-3-10(7-13)4-6-11/h3-6,12,14-15H,2,8-9H2,1H3. The Kier molecular flexibility index (Phi) is 4.82. The Hall–Kier alpha value is -1.37. The number of aliphatic hydroxyl groups excluding tert-OH is 1. The summed E-state index contributed by atoms with van der Waals surface area (Å²) in [6.45, 7) is 2.92. The predicted octanol–water partition coefficient (Wildman–Crippen LogP) is 1.42. The van der Waals surface area contributed by atoms with Gasteiger partial charge in [-0.25, -0.2) is 0 Å². The van der Waals surface area contributed by atoms with Gasteiger partial charge in [0.05, 0.1) is 18.2 Å².